The molecule has 13 heteroatoms. The summed E-state index contributed by atoms with van der Waals surface area (Å²) in [7, 11) is 0. The van der Waals surface area contributed by atoms with Crippen LogP contribution in [0.3, 0.4) is 0 Å². The van der Waals surface area contributed by atoms with E-state index in [4.69, 9.17) is 14.2 Å². The Morgan fingerprint density at radius 3 is 0.825 bits per heavy atom. The van der Waals surface area contributed by atoms with Gasteiger partial charge in [-0.15, -0.1) is 0 Å². The van der Waals surface area contributed by atoms with Crippen molar-refractivity contribution in [3.63, 3.8) is 0 Å². The fourth-order valence-corrected chi connectivity index (χ4v) is 4.88. The fourth-order valence-electron chi connectivity index (χ4n) is 3.73. The van der Waals surface area contributed by atoms with Gasteiger partial charge in [-0.3, -0.25) is 0 Å². The number of carbonyl (C=O) groups excluding carboxylic acids is 3. The number of hydrogen-bond acceptors (Lipinski definition) is 12. The summed E-state index contributed by atoms with van der Waals surface area (Å²) >= 11 is 11.9. The van der Waals surface area contributed by atoms with E-state index in [0.717, 1.165) is 38.5 Å². The Balaban J connectivity index is -0.000000240. The Labute approximate surface area is 275 Å². The topological polar surface area (TPSA) is 148 Å². The molecule has 0 saturated carbocycles. The predicted octanol–water partition coefficient (Wildman–Crippen LogP) is 1.08. The maximum atomic E-state index is 10.7. The van der Waals surface area contributed by atoms with Crippen molar-refractivity contribution in [1.29, 1.82) is 0 Å². The van der Waals surface area contributed by atoms with Gasteiger partial charge in [-0.2, -0.15) is 37.9 Å². The summed E-state index contributed by atoms with van der Waals surface area (Å²) in [6.07, 6.45) is 4.19. The molecule has 0 bridgehead atoms. The third kappa shape index (κ3) is 22.7. The van der Waals surface area contributed by atoms with Crippen LogP contribution < -0.4 is 15.3 Å². The Bertz CT molecular complexity index is 519. The molecule has 236 valence electrons. The first-order valence-electron chi connectivity index (χ1n) is 13.8. The van der Waals surface area contributed by atoms with Gasteiger partial charge in [0.25, 0.3) is 0 Å². The van der Waals surface area contributed by atoms with E-state index < -0.39 is 35.7 Å². The fraction of sp³-hybridized carbons (Fsp3) is 0.889. The van der Waals surface area contributed by atoms with Crippen molar-refractivity contribution in [2.24, 2.45) is 17.8 Å². The van der Waals surface area contributed by atoms with Crippen molar-refractivity contribution in [3.8, 4) is 0 Å². The number of rotatable bonds is 21. The number of carboxylic acids is 3. The third-order valence-corrected chi connectivity index (χ3v) is 6.89. The van der Waals surface area contributed by atoms with E-state index in [2.05, 4.69) is 37.9 Å². The molecule has 2 radical (unpaired) electrons. The van der Waals surface area contributed by atoms with Gasteiger partial charge in [-0.25, -0.2) is 0 Å². The first-order chi connectivity index (χ1) is 18.5. The van der Waals surface area contributed by atoms with Crippen LogP contribution in [0.15, 0.2) is 0 Å². The number of carbonyl (C=O) groups is 3. The summed E-state index contributed by atoms with van der Waals surface area (Å²) in [5.41, 5.74) is 0. The average molecular weight is 738 g/mol. The minimum atomic E-state index is -1.07. The van der Waals surface area contributed by atoms with E-state index in [1.165, 1.54) is 0 Å². The second-order valence-electron chi connectivity index (χ2n) is 8.67. The largest absolute Gasteiger partial charge is 3.00 e. The van der Waals surface area contributed by atoms with Gasteiger partial charge >= 0.3 is 24.4 Å². The molecule has 0 saturated heterocycles. The molecule has 0 aliphatic carbocycles. The number of ether oxygens (including phenoxy) is 3. The number of carboxylic acid groups (broad SMARTS) is 3. The van der Waals surface area contributed by atoms with Crippen molar-refractivity contribution in [2.75, 3.05) is 37.1 Å². The van der Waals surface area contributed by atoms with Gasteiger partial charge in [0.15, 0.2) is 0 Å². The summed E-state index contributed by atoms with van der Waals surface area (Å²) in [6.45, 7) is 13.1. The molecular formula is C27H51O9S3Sb. The Morgan fingerprint density at radius 2 is 0.725 bits per heavy atom. The van der Waals surface area contributed by atoms with Crippen molar-refractivity contribution < 1.29 is 43.9 Å². The van der Waals surface area contributed by atoms with Gasteiger partial charge in [0.05, 0.1) is 18.3 Å². The van der Waals surface area contributed by atoms with Crippen molar-refractivity contribution in [1.82, 2.24) is 0 Å². The van der Waals surface area contributed by atoms with Gasteiger partial charge in [-0.1, -0.05) is 40.0 Å². The molecule has 6 unspecified atom stereocenters. The second-order valence-corrected chi connectivity index (χ2v) is 9.77. The molecule has 0 spiro atoms. The molecule has 0 heterocycles. The molecule has 6 atom stereocenters. The summed E-state index contributed by atoms with van der Waals surface area (Å²) < 4.78 is 16.0. The molecule has 0 amide bonds. The quantitative estimate of drug-likeness (QED) is 0.116. The zero-order valence-electron chi connectivity index (χ0n) is 24.9. The molecule has 0 aliphatic rings. The monoisotopic (exact) mass is 736 g/mol. The Morgan fingerprint density at radius 1 is 0.525 bits per heavy atom. The number of aliphatic carboxylic acids is 3. The molecule has 40 heavy (non-hydrogen) atoms. The Hall–Kier alpha value is 0.158. The summed E-state index contributed by atoms with van der Waals surface area (Å²) in [6, 6.07) is 0. The van der Waals surface area contributed by atoms with Crippen molar-refractivity contribution >= 4 is 80.2 Å². The van der Waals surface area contributed by atoms with Crippen molar-refractivity contribution in [3.05, 3.63) is 0 Å². The molecule has 0 aromatic carbocycles. The van der Waals surface area contributed by atoms with E-state index >= 15 is 0 Å². The minimum absolute atomic E-state index is 0. The molecule has 0 aliphatic heterocycles. The molecule has 0 aromatic heterocycles. The smallest absolute Gasteiger partial charge is 0.550 e. The van der Waals surface area contributed by atoms with Crippen molar-refractivity contribution in [2.45, 2.75) is 98.4 Å². The van der Waals surface area contributed by atoms with Gasteiger partial charge < -0.3 is 43.9 Å². The molecule has 0 N–H and O–H groups in total. The predicted molar refractivity (Wildman–Crippen MR) is 164 cm³/mol. The van der Waals surface area contributed by atoms with E-state index in [-0.39, 0.29) is 60.0 Å². The van der Waals surface area contributed by atoms with E-state index in [9.17, 15) is 29.7 Å². The Kier molecular flexibility index (Phi) is 37.8. The zero-order valence-corrected chi connectivity index (χ0v) is 30.1. The van der Waals surface area contributed by atoms with Crippen LogP contribution in [-0.2, 0) is 28.6 Å². The van der Waals surface area contributed by atoms with Crippen LogP contribution in [0.5, 0.6) is 0 Å². The molecular weight excluding hydrogens is 686 g/mol. The zero-order chi connectivity index (χ0) is 30.8. The summed E-state index contributed by atoms with van der Waals surface area (Å²) in [5, 5.41) is 32.0. The van der Waals surface area contributed by atoms with Crippen LogP contribution >= 0.6 is 37.9 Å². The first kappa shape index (κ1) is 47.1. The molecule has 0 rings (SSSR count). The third-order valence-electron chi connectivity index (χ3n) is 5.71. The van der Waals surface area contributed by atoms with E-state index in [0.29, 0.717) is 19.8 Å². The van der Waals surface area contributed by atoms with Crippen LogP contribution in [0.2, 0.25) is 0 Å². The maximum Gasteiger partial charge on any atom is 3.00 e. The van der Waals surface area contributed by atoms with E-state index in [1.807, 2.05) is 41.5 Å². The average Bonchev–Trinajstić information content (AvgIpc) is 2.86. The standard InChI is InChI=1S/3C9H18O3S.Sb/c3*1-3-5-8(12-4-2)7(6-13)9(10)11;/h3*7-8,13H,3-6H2,1-2H3,(H,10,11);/q;;;+3/p-3. The van der Waals surface area contributed by atoms with Crippen LogP contribution in [0.1, 0.15) is 80.1 Å². The first-order valence-corrected chi connectivity index (χ1v) is 15.7. The van der Waals surface area contributed by atoms with E-state index in [1.54, 1.807) is 0 Å². The number of thiol groups is 3. The van der Waals surface area contributed by atoms with Crippen LogP contribution in [0, 0.1) is 17.8 Å². The number of hydrogen-bond donors (Lipinski definition) is 3. The maximum absolute atomic E-state index is 10.7. The molecule has 0 fully saturated rings. The molecule has 0 aromatic rings. The second kappa shape index (κ2) is 32.1. The molecule has 9 nitrogen and oxygen atoms in total. The van der Waals surface area contributed by atoms with Gasteiger partial charge in [0.1, 0.15) is 0 Å². The van der Waals surface area contributed by atoms with Crippen LogP contribution in [0.25, 0.3) is 0 Å². The van der Waals surface area contributed by atoms with Crippen LogP contribution in [-0.4, -0.2) is 97.7 Å². The van der Waals surface area contributed by atoms with Gasteiger partial charge in [0.2, 0.25) is 0 Å². The van der Waals surface area contributed by atoms with Gasteiger partial charge in [0, 0.05) is 72.7 Å². The minimum Gasteiger partial charge on any atom is -0.550 e. The van der Waals surface area contributed by atoms with Gasteiger partial charge in [-0.05, 0) is 40.0 Å². The van der Waals surface area contributed by atoms with Crippen LogP contribution in [0.4, 0.5) is 0 Å². The SMILES string of the molecule is CCCC(OCC)C(CS)C(=O)[O-].CCCC(OCC)C(CS)C(=O)[O-].CCCC(OCC)C(CS)C(=O)[O-].[Sb+3]. The summed E-state index contributed by atoms with van der Waals surface area (Å²) in [5.74, 6) is -4.17. The normalized spacial score (nSPS) is 14.9. The summed E-state index contributed by atoms with van der Waals surface area (Å²) in [4.78, 5) is 32.0.